The molecule has 3 rings (SSSR count). The minimum atomic E-state index is -0.506. The number of nitrogens with one attached hydrogen (secondary N) is 2. The molecule has 1 aromatic rings. The fraction of sp³-hybridized carbons (Fsp3) is 0.611. The molecule has 0 spiro atoms. The molecule has 1 amide bonds. The van der Waals surface area contributed by atoms with Gasteiger partial charge in [-0.3, -0.25) is 4.79 Å². The molecule has 1 heterocycles. The summed E-state index contributed by atoms with van der Waals surface area (Å²) in [4.78, 5) is 12.4. The molecule has 1 aliphatic heterocycles. The molecular weight excluding hydrogens is 276 g/mol. The average molecular weight is 302 g/mol. The molecular formula is C18H26N2O2. The van der Waals surface area contributed by atoms with Crippen molar-refractivity contribution in [1.29, 1.82) is 0 Å². The van der Waals surface area contributed by atoms with Gasteiger partial charge in [0.25, 0.3) is 0 Å². The number of amides is 1. The molecule has 0 radical (unpaired) electrons. The predicted octanol–water partition coefficient (Wildman–Crippen LogP) is 1.79. The number of carbonyl (C=O) groups excluding carboxylic acids is 1. The smallest absolute Gasteiger partial charge is 0.220 e. The summed E-state index contributed by atoms with van der Waals surface area (Å²) in [6, 6.07) is 7.73. The standard InChI is InChI=1S/C18H26N2O2/c1-12(14-6-4-8-19-11-14)9-17(22)20-18-15-7-3-2-5-13(15)10-16(18)21/h2-3,5,7,12,14,16,18-19,21H,4,6,8-11H2,1H3,(H,20,22)/t12?,14?,16-,18+/m0/s1. The molecule has 22 heavy (non-hydrogen) atoms. The lowest BCUT2D eigenvalue weighted by molar-refractivity contribution is -0.123. The average Bonchev–Trinajstić information content (AvgIpc) is 2.84. The van der Waals surface area contributed by atoms with Crippen molar-refractivity contribution in [3.63, 3.8) is 0 Å². The molecule has 2 aliphatic rings. The maximum Gasteiger partial charge on any atom is 0.220 e. The van der Waals surface area contributed by atoms with Crippen LogP contribution in [0.15, 0.2) is 24.3 Å². The van der Waals surface area contributed by atoms with Crippen LogP contribution < -0.4 is 10.6 Å². The van der Waals surface area contributed by atoms with E-state index in [4.69, 9.17) is 0 Å². The van der Waals surface area contributed by atoms with Crippen LogP contribution in [0.5, 0.6) is 0 Å². The third-order valence-corrected chi connectivity index (χ3v) is 5.17. The van der Waals surface area contributed by atoms with Crippen molar-refractivity contribution in [2.24, 2.45) is 11.8 Å². The Bertz CT molecular complexity index is 526. The van der Waals surface area contributed by atoms with Gasteiger partial charge in [-0.15, -0.1) is 0 Å². The monoisotopic (exact) mass is 302 g/mol. The number of carbonyl (C=O) groups is 1. The Morgan fingerprint density at radius 2 is 2.27 bits per heavy atom. The molecule has 4 atom stereocenters. The summed E-state index contributed by atoms with van der Waals surface area (Å²) in [5, 5.41) is 16.7. The first-order valence-electron chi connectivity index (χ1n) is 8.41. The van der Waals surface area contributed by atoms with Gasteiger partial charge in [0.2, 0.25) is 5.91 Å². The van der Waals surface area contributed by atoms with Crippen molar-refractivity contribution >= 4 is 5.91 Å². The zero-order valence-electron chi connectivity index (χ0n) is 13.2. The van der Waals surface area contributed by atoms with E-state index in [0.29, 0.717) is 24.7 Å². The molecule has 120 valence electrons. The molecule has 4 nitrogen and oxygen atoms in total. The molecule has 1 saturated heterocycles. The van der Waals surface area contributed by atoms with Crippen molar-refractivity contribution in [3.05, 3.63) is 35.4 Å². The van der Waals surface area contributed by atoms with Crippen LogP contribution in [-0.4, -0.2) is 30.2 Å². The normalized spacial score (nSPS) is 28.9. The maximum atomic E-state index is 12.4. The quantitative estimate of drug-likeness (QED) is 0.794. The van der Waals surface area contributed by atoms with Gasteiger partial charge in [-0.05, 0) is 48.9 Å². The highest BCUT2D eigenvalue weighted by Gasteiger charge is 2.32. The summed E-state index contributed by atoms with van der Waals surface area (Å²) >= 11 is 0. The van der Waals surface area contributed by atoms with Crippen molar-refractivity contribution in [2.45, 2.75) is 44.8 Å². The van der Waals surface area contributed by atoms with Gasteiger partial charge in [-0.1, -0.05) is 31.2 Å². The van der Waals surface area contributed by atoms with E-state index in [-0.39, 0.29) is 11.9 Å². The van der Waals surface area contributed by atoms with Gasteiger partial charge in [0.1, 0.15) is 0 Å². The molecule has 1 aromatic carbocycles. The highest BCUT2D eigenvalue weighted by Crippen LogP contribution is 2.31. The summed E-state index contributed by atoms with van der Waals surface area (Å²) in [6.45, 7) is 4.28. The third-order valence-electron chi connectivity index (χ3n) is 5.17. The van der Waals surface area contributed by atoms with Gasteiger partial charge < -0.3 is 15.7 Å². The van der Waals surface area contributed by atoms with E-state index in [1.54, 1.807) is 0 Å². The molecule has 1 aliphatic carbocycles. The van der Waals surface area contributed by atoms with Crippen LogP contribution in [0.4, 0.5) is 0 Å². The summed E-state index contributed by atoms with van der Waals surface area (Å²) < 4.78 is 0. The van der Waals surface area contributed by atoms with Crippen LogP contribution >= 0.6 is 0 Å². The van der Waals surface area contributed by atoms with Gasteiger partial charge in [0.15, 0.2) is 0 Å². The number of aliphatic hydroxyl groups excluding tert-OH is 1. The van der Waals surface area contributed by atoms with Crippen LogP contribution in [0.1, 0.15) is 43.4 Å². The van der Waals surface area contributed by atoms with E-state index in [1.165, 1.54) is 12.8 Å². The zero-order valence-corrected chi connectivity index (χ0v) is 13.2. The molecule has 0 aromatic heterocycles. The first kappa shape index (κ1) is 15.5. The van der Waals surface area contributed by atoms with Crippen molar-refractivity contribution in [3.8, 4) is 0 Å². The molecule has 0 saturated carbocycles. The summed E-state index contributed by atoms with van der Waals surface area (Å²) in [7, 11) is 0. The lowest BCUT2D eigenvalue weighted by atomic mass is 9.85. The molecule has 3 N–H and O–H groups in total. The number of rotatable bonds is 4. The van der Waals surface area contributed by atoms with E-state index in [0.717, 1.165) is 24.2 Å². The van der Waals surface area contributed by atoms with Gasteiger partial charge >= 0.3 is 0 Å². The van der Waals surface area contributed by atoms with Crippen LogP contribution in [0, 0.1) is 11.8 Å². The molecule has 1 fully saturated rings. The molecule has 2 unspecified atom stereocenters. The fourth-order valence-electron chi connectivity index (χ4n) is 3.80. The second kappa shape index (κ2) is 6.80. The lowest BCUT2D eigenvalue weighted by Crippen LogP contribution is -2.38. The van der Waals surface area contributed by atoms with Gasteiger partial charge in [-0.25, -0.2) is 0 Å². The summed E-state index contributed by atoms with van der Waals surface area (Å²) in [5.41, 5.74) is 2.21. The van der Waals surface area contributed by atoms with Gasteiger partial charge in [0, 0.05) is 12.8 Å². The van der Waals surface area contributed by atoms with Crippen molar-refractivity contribution in [1.82, 2.24) is 10.6 Å². The van der Waals surface area contributed by atoms with Crippen LogP contribution in [0.25, 0.3) is 0 Å². The van der Waals surface area contributed by atoms with E-state index < -0.39 is 6.10 Å². The SMILES string of the molecule is CC(CC(=O)N[C@@H]1c2ccccc2C[C@@H]1O)C1CCCNC1. The zero-order chi connectivity index (χ0) is 15.5. The van der Waals surface area contributed by atoms with Gasteiger partial charge in [0.05, 0.1) is 12.1 Å². The van der Waals surface area contributed by atoms with E-state index in [1.807, 2.05) is 24.3 Å². The second-order valence-corrected chi connectivity index (χ2v) is 6.80. The Kier molecular flexibility index (Phi) is 4.79. The number of fused-ring (bicyclic) bond motifs is 1. The maximum absolute atomic E-state index is 12.4. The summed E-state index contributed by atoms with van der Waals surface area (Å²) in [5.74, 6) is 1.01. The highest BCUT2D eigenvalue weighted by atomic mass is 16.3. The largest absolute Gasteiger partial charge is 0.390 e. The number of piperidine rings is 1. The first-order valence-corrected chi connectivity index (χ1v) is 8.41. The lowest BCUT2D eigenvalue weighted by Gasteiger charge is -2.28. The predicted molar refractivity (Wildman–Crippen MR) is 86.4 cm³/mol. The van der Waals surface area contributed by atoms with Crippen LogP contribution in [0.3, 0.4) is 0 Å². The van der Waals surface area contributed by atoms with E-state index in [9.17, 15) is 9.90 Å². The van der Waals surface area contributed by atoms with Crippen LogP contribution in [0.2, 0.25) is 0 Å². The Morgan fingerprint density at radius 3 is 3.05 bits per heavy atom. The highest BCUT2D eigenvalue weighted by molar-refractivity contribution is 5.77. The molecule has 4 heteroatoms. The second-order valence-electron chi connectivity index (χ2n) is 6.80. The van der Waals surface area contributed by atoms with E-state index in [2.05, 4.69) is 17.6 Å². The number of benzene rings is 1. The van der Waals surface area contributed by atoms with Crippen LogP contribution in [-0.2, 0) is 11.2 Å². The molecule has 0 bridgehead atoms. The first-order chi connectivity index (χ1) is 10.6. The number of aliphatic hydroxyl groups is 1. The Labute approximate surface area is 132 Å². The number of hydrogen-bond donors (Lipinski definition) is 3. The Balaban J connectivity index is 1.57. The van der Waals surface area contributed by atoms with Gasteiger partial charge in [-0.2, -0.15) is 0 Å². The minimum absolute atomic E-state index is 0.0545. The minimum Gasteiger partial charge on any atom is -0.390 e. The third kappa shape index (κ3) is 3.33. The van der Waals surface area contributed by atoms with E-state index >= 15 is 0 Å². The number of hydrogen-bond acceptors (Lipinski definition) is 3. The summed E-state index contributed by atoms with van der Waals surface area (Å²) in [6.07, 6.45) is 3.07. The Morgan fingerprint density at radius 1 is 1.45 bits per heavy atom. The topological polar surface area (TPSA) is 61.4 Å². The Hall–Kier alpha value is -1.39. The van der Waals surface area contributed by atoms with Crippen molar-refractivity contribution < 1.29 is 9.90 Å². The van der Waals surface area contributed by atoms with Crippen molar-refractivity contribution in [2.75, 3.05) is 13.1 Å². The fourth-order valence-corrected chi connectivity index (χ4v) is 3.80.